The Bertz CT molecular complexity index is 542. The molecule has 1 nitrogen and oxygen atoms in total. The third-order valence-electron chi connectivity index (χ3n) is 3.65. The maximum atomic E-state index is 6.04. The molecule has 0 saturated carbocycles. The van der Waals surface area contributed by atoms with E-state index in [0.717, 1.165) is 10.5 Å². The molecule has 0 atom stereocenters. The molecular weight excluding hydrogens is 264 g/mol. The van der Waals surface area contributed by atoms with Gasteiger partial charge in [0.25, 0.3) is 0 Å². The van der Waals surface area contributed by atoms with Gasteiger partial charge in [-0.1, -0.05) is 47.5 Å². The van der Waals surface area contributed by atoms with Crippen molar-refractivity contribution < 1.29 is 4.12 Å². The highest BCUT2D eigenvalue weighted by Crippen LogP contribution is 2.06. The summed E-state index contributed by atoms with van der Waals surface area (Å²) < 4.78 is 6.04. The van der Waals surface area contributed by atoms with Gasteiger partial charge < -0.3 is 4.12 Å². The summed E-state index contributed by atoms with van der Waals surface area (Å²) in [5.41, 5.74) is 5.38. The van der Waals surface area contributed by atoms with Crippen LogP contribution in [0.4, 0.5) is 0 Å². The van der Waals surface area contributed by atoms with Crippen LogP contribution < -0.4 is 10.4 Å². The van der Waals surface area contributed by atoms with E-state index < -0.39 is 9.04 Å². The maximum Gasteiger partial charge on any atom is 0.228 e. The van der Waals surface area contributed by atoms with Crippen LogP contribution in [-0.2, 0) is 4.12 Å². The van der Waals surface area contributed by atoms with Crippen molar-refractivity contribution in [1.29, 1.82) is 0 Å². The number of hydrogen-bond donors (Lipinski definition) is 0. The van der Waals surface area contributed by atoms with Crippen LogP contribution in [0.25, 0.3) is 0 Å². The molecule has 0 N–H and O–H groups in total. The molecule has 2 aromatic rings. The third kappa shape index (κ3) is 3.05. The molecule has 0 unspecified atom stereocenters. The van der Waals surface area contributed by atoms with Crippen molar-refractivity contribution in [3.63, 3.8) is 0 Å². The molecule has 0 fully saturated rings. The van der Waals surface area contributed by atoms with E-state index in [2.05, 4.69) is 64.1 Å². The van der Waals surface area contributed by atoms with E-state index in [0.29, 0.717) is 0 Å². The fourth-order valence-corrected chi connectivity index (χ4v) is 6.56. The Kier molecular flexibility index (Phi) is 4.40. The molecule has 0 aliphatic rings. The Morgan fingerprint density at radius 3 is 1.53 bits per heavy atom. The highest BCUT2D eigenvalue weighted by atomic mass is 28.3. The van der Waals surface area contributed by atoms with E-state index in [4.69, 9.17) is 4.12 Å². The molecule has 0 bridgehead atoms. The van der Waals surface area contributed by atoms with Crippen molar-refractivity contribution in [2.24, 2.45) is 0 Å². The molecule has 0 saturated heterocycles. The van der Waals surface area contributed by atoms with E-state index in [1.54, 1.807) is 0 Å². The predicted octanol–water partition coefficient (Wildman–Crippen LogP) is 1.06. The van der Waals surface area contributed by atoms with Crippen molar-refractivity contribution in [3.8, 4) is 0 Å². The second-order valence-electron chi connectivity index (χ2n) is 5.34. The monoisotopic (exact) mass is 286 g/mol. The van der Waals surface area contributed by atoms with Crippen molar-refractivity contribution in [2.75, 3.05) is 0 Å². The average molecular weight is 287 g/mol. The lowest BCUT2D eigenvalue weighted by atomic mass is 10.1. The average Bonchev–Trinajstić information content (AvgIpc) is 2.34. The third-order valence-corrected chi connectivity index (χ3v) is 7.96. The zero-order chi connectivity index (χ0) is 14.0. The lowest BCUT2D eigenvalue weighted by Crippen LogP contribution is -2.47. The molecule has 0 radical (unpaired) electrons. The van der Waals surface area contributed by atoms with Crippen molar-refractivity contribution in [3.05, 3.63) is 58.7 Å². The van der Waals surface area contributed by atoms with Gasteiger partial charge in [0.05, 0.1) is 0 Å². The van der Waals surface area contributed by atoms with E-state index in [9.17, 15) is 0 Å². The van der Waals surface area contributed by atoms with E-state index in [1.807, 2.05) is 0 Å². The molecular formula is C16H22OSi2. The summed E-state index contributed by atoms with van der Waals surface area (Å²) in [6.45, 7) is 8.69. The van der Waals surface area contributed by atoms with E-state index >= 15 is 0 Å². The van der Waals surface area contributed by atoms with Gasteiger partial charge in [0, 0.05) is 0 Å². The summed E-state index contributed by atoms with van der Waals surface area (Å²) in [5.74, 6) is 0. The van der Waals surface area contributed by atoms with Crippen LogP contribution in [0, 0.1) is 27.7 Å². The summed E-state index contributed by atoms with van der Waals surface area (Å²) >= 11 is 0. The topological polar surface area (TPSA) is 9.23 Å². The van der Waals surface area contributed by atoms with Gasteiger partial charge in [-0.25, -0.2) is 0 Å². The van der Waals surface area contributed by atoms with Gasteiger partial charge in [0.1, 0.15) is 10.5 Å². The maximum absolute atomic E-state index is 6.04. The molecule has 100 valence electrons. The fourth-order valence-electron chi connectivity index (χ4n) is 2.66. The van der Waals surface area contributed by atoms with Crippen LogP contribution >= 0.6 is 0 Å². The zero-order valence-electron chi connectivity index (χ0n) is 12.4. The lowest BCUT2D eigenvalue weighted by molar-refractivity contribution is 0.660. The summed E-state index contributed by atoms with van der Waals surface area (Å²) in [6.07, 6.45) is 0. The first-order chi connectivity index (χ1) is 9.02. The fraction of sp³-hybridized carbons (Fsp3) is 0.250. The number of aryl methyl sites for hydroxylation is 4. The minimum absolute atomic E-state index is 0.796. The van der Waals surface area contributed by atoms with Crippen LogP contribution in [-0.4, -0.2) is 19.5 Å². The number of rotatable bonds is 3. The first kappa shape index (κ1) is 14.2. The normalized spacial score (nSPS) is 11.2. The Balaban J connectivity index is 2.50. The van der Waals surface area contributed by atoms with Gasteiger partial charge in [-0.05, 0) is 49.2 Å². The van der Waals surface area contributed by atoms with Crippen LogP contribution in [0.1, 0.15) is 22.3 Å². The number of hydrogen-bond acceptors (Lipinski definition) is 1. The van der Waals surface area contributed by atoms with Gasteiger partial charge in [-0.3, -0.25) is 0 Å². The second kappa shape index (κ2) is 5.86. The molecule has 3 heteroatoms. The Morgan fingerprint density at radius 2 is 1.21 bits per heavy atom. The minimum atomic E-state index is -1.49. The molecule has 2 rings (SSSR count). The van der Waals surface area contributed by atoms with Crippen molar-refractivity contribution in [2.45, 2.75) is 27.7 Å². The smallest absolute Gasteiger partial charge is 0.228 e. The summed E-state index contributed by atoms with van der Waals surface area (Å²) in [5, 5.41) is 2.85. The highest BCUT2D eigenvalue weighted by Gasteiger charge is 2.19. The van der Waals surface area contributed by atoms with Gasteiger partial charge in [-0.15, -0.1) is 0 Å². The Labute approximate surface area is 120 Å². The van der Waals surface area contributed by atoms with Crippen molar-refractivity contribution in [1.82, 2.24) is 0 Å². The summed E-state index contributed by atoms with van der Waals surface area (Å²) in [7, 11) is -0.692. The van der Waals surface area contributed by atoms with Crippen LogP contribution in [0.2, 0.25) is 0 Å². The molecule has 0 aromatic heterocycles. The minimum Gasteiger partial charge on any atom is -0.459 e. The Morgan fingerprint density at radius 1 is 0.789 bits per heavy atom. The van der Waals surface area contributed by atoms with Gasteiger partial charge in [-0.2, -0.15) is 0 Å². The molecule has 0 heterocycles. The predicted molar refractivity (Wildman–Crippen MR) is 89.3 cm³/mol. The van der Waals surface area contributed by atoms with Gasteiger partial charge in [0.2, 0.25) is 9.04 Å². The largest absolute Gasteiger partial charge is 0.459 e. The molecule has 2 aromatic carbocycles. The Hall–Kier alpha value is -1.17. The van der Waals surface area contributed by atoms with Gasteiger partial charge >= 0.3 is 0 Å². The summed E-state index contributed by atoms with van der Waals surface area (Å²) in [4.78, 5) is 0. The number of benzene rings is 2. The molecule has 19 heavy (non-hydrogen) atoms. The summed E-state index contributed by atoms with van der Waals surface area (Å²) in [6, 6.07) is 13.5. The van der Waals surface area contributed by atoms with E-state index in [1.165, 1.54) is 32.6 Å². The first-order valence-corrected chi connectivity index (χ1v) is 9.14. The molecule has 0 spiro atoms. The van der Waals surface area contributed by atoms with Gasteiger partial charge in [0.15, 0.2) is 0 Å². The van der Waals surface area contributed by atoms with Crippen molar-refractivity contribution >= 4 is 29.9 Å². The molecule has 0 aliphatic heterocycles. The van der Waals surface area contributed by atoms with E-state index in [-0.39, 0.29) is 0 Å². The molecule has 0 aliphatic carbocycles. The quantitative estimate of drug-likeness (QED) is 0.767. The second-order valence-corrected chi connectivity index (χ2v) is 9.23. The van der Waals surface area contributed by atoms with Crippen LogP contribution in [0.5, 0.6) is 0 Å². The molecule has 0 amide bonds. The van der Waals surface area contributed by atoms with Crippen LogP contribution in [0.3, 0.4) is 0 Å². The zero-order valence-corrected chi connectivity index (χ0v) is 15.6. The standard InChI is InChI=1S/C16H22OSi2/c1-11-5-7-15(13(3)9-11)19(17-18)16-8-6-12(2)10-14(16)4/h5-10,19H,1-4,18H3. The first-order valence-electron chi connectivity index (χ1n) is 6.70. The highest BCUT2D eigenvalue weighted by molar-refractivity contribution is 6.82. The SMILES string of the molecule is Cc1ccc([SiH](O[SiH3])c2ccc(C)cc2C)c(C)c1. The van der Waals surface area contributed by atoms with Crippen LogP contribution in [0.15, 0.2) is 36.4 Å². The lowest BCUT2D eigenvalue weighted by Gasteiger charge is -2.20.